The van der Waals surface area contributed by atoms with Gasteiger partial charge in [0, 0.05) is 36.6 Å². The summed E-state index contributed by atoms with van der Waals surface area (Å²) >= 11 is 0. The van der Waals surface area contributed by atoms with E-state index in [0.29, 0.717) is 58.0 Å². The molecule has 14 heteroatoms. The van der Waals surface area contributed by atoms with Crippen molar-refractivity contribution in [2.75, 3.05) is 13.1 Å². The van der Waals surface area contributed by atoms with Gasteiger partial charge in [0.15, 0.2) is 0 Å². The highest BCUT2D eigenvalue weighted by Gasteiger charge is 2.42. The molecule has 292 valence electrons. The Balaban J connectivity index is 1.55. The van der Waals surface area contributed by atoms with Gasteiger partial charge in [-0.3, -0.25) is 28.8 Å². The van der Waals surface area contributed by atoms with Crippen molar-refractivity contribution in [3.63, 3.8) is 0 Å². The van der Waals surface area contributed by atoms with Gasteiger partial charge in [0.2, 0.25) is 35.4 Å². The lowest BCUT2D eigenvalue weighted by molar-refractivity contribution is -0.144. The molecule has 3 heterocycles. The first-order valence-electron chi connectivity index (χ1n) is 19.2. The van der Waals surface area contributed by atoms with Gasteiger partial charge in [0.05, 0.1) is 6.04 Å². The summed E-state index contributed by atoms with van der Waals surface area (Å²) in [6.45, 7) is 12.2. The molecular formula is C39H60N8O6. The Bertz CT molecular complexity index is 1620. The average Bonchev–Trinajstić information content (AvgIpc) is 3.89. The maximum Gasteiger partial charge on any atom is 0.246 e. The van der Waals surface area contributed by atoms with E-state index in [2.05, 4.69) is 20.9 Å². The number of fused-ring (bicyclic) bond motifs is 1. The number of likely N-dealkylation sites (tertiary alicyclic amines) is 2. The smallest absolute Gasteiger partial charge is 0.246 e. The van der Waals surface area contributed by atoms with E-state index in [0.717, 1.165) is 16.5 Å². The normalized spacial score (nSPS) is 20.2. The number of aromatic nitrogens is 1. The molecule has 0 aliphatic carbocycles. The standard InChI is InChI=1S/C39H60N8O6/c1-7-24(6)33(45-35(49)27(40)18-22(2)3)37(51)44-29(19-23(4)5)38(52)47-17-11-15-32(47)36(50)43-30(39(53)46-16-10-14-31(46)34(41)48)20-25-21-42-28-13-9-8-12-26(25)28/h8-9,12-13,21-24,27,29-33,42H,7,10-11,14-20,40H2,1-6H3,(H2,41,48)(H,43,50)(H,44,51)(H,45,49)/t24-,27-,29-,30-,31-,32-,33-/m0/s1. The van der Waals surface area contributed by atoms with Crippen LogP contribution in [0.25, 0.3) is 10.9 Å². The van der Waals surface area contributed by atoms with Gasteiger partial charge in [0.1, 0.15) is 30.2 Å². The maximum atomic E-state index is 14.3. The number of carbonyl (C=O) groups is 6. The number of nitrogens with two attached hydrogens (primary N) is 2. The van der Waals surface area contributed by atoms with Crippen molar-refractivity contribution in [1.29, 1.82) is 0 Å². The Hall–Kier alpha value is -4.46. The van der Waals surface area contributed by atoms with Crippen molar-refractivity contribution in [3.05, 3.63) is 36.0 Å². The summed E-state index contributed by atoms with van der Waals surface area (Å²) in [5, 5.41) is 9.61. The van der Waals surface area contributed by atoms with Crippen molar-refractivity contribution in [2.45, 2.75) is 129 Å². The number of primary amides is 1. The number of nitrogens with one attached hydrogen (secondary N) is 4. The molecule has 2 saturated heterocycles. The van der Waals surface area contributed by atoms with Crippen LogP contribution in [0.4, 0.5) is 0 Å². The maximum absolute atomic E-state index is 14.3. The van der Waals surface area contributed by atoms with Crippen molar-refractivity contribution in [1.82, 2.24) is 30.7 Å². The van der Waals surface area contributed by atoms with E-state index < -0.39 is 71.7 Å². The van der Waals surface area contributed by atoms with Crippen LogP contribution in [-0.4, -0.2) is 99.6 Å². The number of benzene rings is 1. The quantitative estimate of drug-likeness (QED) is 0.142. The highest BCUT2D eigenvalue weighted by molar-refractivity contribution is 5.97. The van der Waals surface area contributed by atoms with Gasteiger partial charge in [-0.2, -0.15) is 0 Å². The number of amides is 6. The molecule has 6 amide bonds. The zero-order valence-electron chi connectivity index (χ0n) is 32.2. The number of rotatable bonds is 17. The molecule has 2 aromatic rings. The van der Waals surface area contributed by atoms with Gasteiger partial charge in [-0.05, 0) is 67.9 Å². The molecule has 1 aromatic carbocycles. The fraction of sp³-hybridized carbons (Fsp3) is 0.641. The monoisotopic (exact) mass is 736 g/mol. The van der Waals surface area contributed by atoms with Crippen molar-refractivity contribution in [3.8, 4) is 0 Å². The van der Waals surface area contributed by atoms with Gasteiger partial charge >= 0.3 is 0 Å². The Morgan fingerprint density at radius 3 is 2.04 bits per heavy atom. The van der Waals surface area contributed by atoms with E-state index in [9.17, 15) is 28.8 Å². The number of H-pyrrole nitrogens is 1. The van der Waals surface area contributed by atoms with Gasteiger partial charge in [-0.15, -0.1) is 0 Å². The number of para-hydroxylation sites is 1. The molecule has 0 radical (unpaired) electrons. The summed E-state index contributed by atoms with van der Waals surface area (Å²) in [5.41, 5.74) is 13.5. The molecular weight excluding hydrogens is 676 g/mol. The molecule has 53 heavy (non-hydrogen) atoms. The molecule has 7 atom stereocenters. The zero-order chi connectivity index (χ0) is 39.0. The van der Waals surface area contributed by atoms with Crippen LogP contribution in [0.3, 0.4) is 0 Å². The van der Waals surface area contributed by atoms with E-state index in [1.807, 2.05) is 72.0 Å². The van der Waals surface area contributed by atoms with Gasteiger partial charge < -0.3 is 42.2 Å². The minimum absolute atomic E-state index is 0.0204. The third-order valence-electron chi connectivity index (χ3n) is 10.6. The van der Waals surface area contributed by atoms with E-state index in [1.165, 1.54) is 9.80 Å². The molecule has 0 bridgehead atoms. The molecule has 0 saturated carbocycles. The van der Waals surface area contributed by atoms with Gasteiger partial charge in [-0.1, -0.05) is 66.2 Å². The fourth-order valence-electron chi connectivity index (χ4n) is 7.55. The SMILES string of the molecule is CC[C@H](C)[C@H](NC(=O)[C@@H](N)CC(C)C)C(=O)N[C@@H](CC(C)C)C(=O)N1CCC[C@H]1C(=O)N[C@@H](Cc1c[nH]c2ccccc12)C(=O)N1CCC[C@H]1C(N)=O. The lowest BCUT2D eigenvalue weighted by Gasteiger charge is -2.33. The summed E-state index contributed by atoms with van der Waals surface area (Å²) in [7, 11) is 0. The first-order valence-corrected chi connectivity index (χ1v) is 19.2. The van der Waals surface area contributed by atoms with Crippen LogP contribution in [0.2, 0.25) is 0 Å². The van der Waals surface area contributed by atoms with Gasteiger partial charge in [0.25, 0.3) is 0 Å². The predicted octanol–water partition coefficient (Wildman–Crippen LogP) is 2.10. The van der Waals surface area contributed by atoms with E-state index in [-0.39, 0.29) is 24.2 Å². The summed E-state index contributed by atoms with van der Waals surface area (Å²) < 4.78 is 0. The Labute approximate surface area is 312 Å². The summed E-state index contributed by atoms with van der Waals surface area (Å²) in [4.78, 5) is 87.7. The number of nitrogens with zero attached hydrogens (tertiary/aromatic N) is 2. The zero-order valence-corrected chi connectivity index (χ0v) is 32.2. The Morgan fingerprint density at radius 2 is 1.42 bits per heavy atom. The van der Waals surface area contributed by atoms with E-state index in [1.54, 1.807) is 0 Å². The number of carbonyl (C=O) groups excluding carboxylic acids is 6. The van der Waals surface area contributed by atoms with Crippen LogP contribution in [0.1, 0.15) is 92.1 Å². The van der Waals surface area contributed by atoms with E-state index in [4.69, 9.17) is 11.5 Å². The second-order valence-electron chi connectivity index (χ2n) is 15.7. The van der Waals surface area contributed by atoms with Crippen LogP contribution in [-0.2, 0) is 35.2 Å². The molecule has 2 fully saturated rings. The second-order valence-corrected chi connectivity index (χ2v) is 15.7. The lowest BCUT2D eigenvalue weighted by Crippen LogP contribution is -2.60. The van der Waals surface area contributed by atoms with Crippen molar-refractivity contribution in [2.24, 2.45) is 29.2 Å². The molecule has 1 aromatic heterocycles. The molecule has 8 N–H and O–H groups in total. The first-order chi connectivity index (χ1) is 25.1. The average molecular weight is 737 g/mol. The predicted molar refractivity (Wildman–Crippen MR) is 203 cm³/mol. The Kier molecular flexibility index (Phi) is 14.4. The highest BCUT2D eigenvalue weighted by atomic mass is 16.2. The minimum atomic E-state index is -1.02. The number of hydrogen-bond donors (Lipinski definition) is 6. The summed E-state index contributed by atoms with van der Waals surface area (Å²) in [6, 6.07) is 2.37. The Morgan fingerprint density at radius 1 is 0.811 bits per heavy atom. The molecule has 2 aliphatic heterocycles. The largest absolute Gasteiger partial charge is 0.368 e. The summed E-state index contributed by atoms with van der Waals surface area (Å²) in [6.07, 6.45) is 5.35. The van der Waals surface area contributed by atoms with Crippen LogP contribution < -0.4 is 27.4 Å². The number of aromatic amines is 1. The highest BCUT2D eigenvalue weighted by Crippen LogP contribution is 2.25. The van der Waals surface area contributed by atoms with Crippen LogP contribution >= 0.6 is 0 Å². The van der Waals surface area contributed by atoms with Gasteiger partial charge in [-0.25, -0.2) is 0 Å². The van der Waals surface area contributed by atoms with E-state index >= 15 is 0 Å². The third-order valence-corrected chi connectivity index (χ3v) is 10.6. The molecule has 4 rings (SSSR count). The molecule has 14 nitrogen and oxygen atoms in total. The minimum Gasteiger partial charge on any atom is -0.368 e. The van der Waals surface area contributed by atoms with Crippen molar-refractivity contribution < 1.29 is 28.8 Å². The van der Waals surface area contributed by atoms with Crippen LogP contribution in [0, 0.1) is 17.8 Å². The van der Waals surface area contributed by atoms with Crippen LogP contribution in [0.5, 0.6) is 0 Å². The van der Waals surface area contributed by atoms with Crippen molar-refractivity contribution >= 4 is 46.3 Å². The third kappa shape index (κ3) is 10.4. The second kappa shape index (κ2) is 18.5. The molecule has 2 aliphatic rings. The lowest BCUT2D eigenvalue weighted by atomic mass is 9.95. The topological polar surface area (TPSA) is 213 Å². The first kappa shape index (κ1) is 41.3. The number of hydrogen-bond acceptors (Lipinski definition) is 7. The fourth-order valence-corrected chi connectivity index (χ4v) is 7.55. The van der Waals surface area contributed by atoms with Crippen LogP contribution in [0.15, 0.2) is 30.5 Å². The summed E-state index contributed by atoms with van der Waals surface area (Å²) in [5.74, 6) is -2.80. The molecule has 0 unspecified atom stereocenters. The molecule has 0 spiro atoms.